The Hall–Kier alpha value is -2.70. The van der Waals surface area contributed by atoms with Crippen LogP contribution in [0.5, 0.6) is 0 Å². The first-order valence-electron chi connectivity index (χ1n) is 8.02. The van der Waals surface area contributed by atoms with E-state index in [1.54, 1.807) is 11.8 Å². The van der Waals surface area contributed by atoms with Gasteiger partial charge in [-0.1, -0.05) is 42.4 Å². The zero-order chi connectivity index (χ0) is 17.1. The molecule has 1 aliphatic rings. The molecular weight excluding hydrogens is 308 g/mol. The van der Waals surface area contributed by atoms with E-state index in [4.69, 9.17) is 4.52 Å². The second kappa shape index (κ2) is 6.82. The zero-order valence-corrected chi connectivity index (χ0v) is 13.8. The van der Waals surface area contributed by atoms with E-state index in [0.717, 1.165) is 5.56 Å². The van der Waals surface area contributed by atoms with Crippen LogP contribution in [0.2, 0.25) is 0 Å². The highest BCUT2D eigenvalue weighted by Crippen LogP contribution is 2.18. The van der Waals surface area contributed by atoms with Crippen molar-refractivity contribution in [3.63, 3.8) is 0 Å². The lowest BCUT2D eigenvalue weighted by atomic mass is 10.1. The first-order chi connectivity index (χ1) is 11.6. The highest BCUT2D eigenvalue weighted by molar-refractivity contribution is 5.94. The summed E-state index contributed by atoms with van der Waals surface area (Å²) in [4.78, 5) is 32.4. The van der Waals surface area contributed by atoms with Crippen molar-refractivity contribution in [3.05, 3.63) is 47.6 Å². The maximum absolute atomic E-state index is 12.6. The quantitative estimate of drug-likeness (QED) is 0.829. The van der Waals surface area contributed by atoms with E-state index < -0.39 is 6.04 Å². The summed E-state index contributed by atoms with van der Waals surface area (Å²) in [6.45, 7) is 4.32. The predicted molar refractivity (Wildman–Crippen MR) is 85.5 cm³/mol. The van der Waals surface area contributed by atoms with Gasteiger partial charge >= 0.3 is 0 Å². The van der Waals surface area contributed by atoms with Gasteiger partial charge in [-0.25, -0.2) is 0 Å². The third-order valence-electron chi connectivity index (χ3n) is 4.13. The molecule has 1 atom stereocenters. The van der Waals surface area contributed by atoms with E-state index >= 15 is 0 Å². The van der Waals surface area contributed by atoms with Crippen LogP contribution in [0.4, 0.5) is 0 Å². The minimum atomic E-state index is -0.549. The standard InChI is InChI=1S/C17H20N4O3/c1-3-14-18-15(24-19-14)10-21-12(2)17(23)20(11-16(21)22)9-13-7-5-4-6-8-13/h4-8,12H,3,9-11H2,1-2H3/t12-/m0/s1. The first kappa shape index (κ1) is 16.2. The Morgan fingerprint density at radius 1 is 1.21 bits per heavy atom. The zero-order valence-electron chi connectivity index (χ0n) is 13.8. The van der Waals surface area contributed by atoms with Gasteiger partial charge in [-0.05, 0) is 12.5 Å². The van der Waals surface area contributed by atoms with Gasteiger partial charge in [0.05, 0.1) is 0 Å². The number of nitrogens with zero attached hydrogens (tertiary/aromatic N) is 4. The molecule has 0 bridgehead atoms. The summed E-state index contributed by atoms with van der Waals surface area (Å²) in [6, 6.07) is 9.10. The van der Waals surface area contributed by atoms with E-state index in [2.05, 4.69) is 10.1 Å². The topological polar surface area (TPSA) is 79.5 Å². The van der Waals surface area contributed by atoms with Gasteiger partial charge in [-0.3, -0.25) is 9.59 Å². The maximum atomic E-state index is 12.6. The summed E-state index contributed by atoms with van der Waals surface area (Å²) in [7, 11) is 0. The molecule has 7 heteroatoms. The number of aryl methyl sites for hydroxylation is 1. The smallest absolute Gasteiger partial charge is 0.246 e. The third-order valence-corrected chi connectivity index (χ3v) is 4.13. The number of benzene rings is 1. The molecule has 1 aromatic heterocycles. The Balaban J connectivity index is 1.69. The molecule has 0 unspecified atom stereocenters. The highest BCUT2D eigenvalue weighted by Gasteiger charge is 2.37. The van der Waals surface area contributed by atoms with E-state index in [9.17, 15) is 9.59 Å². The van der Waals surface area contributed by atoms with Gasteiger partial charge < -0.3 is 14.3 Å². The van der Waals surface area contributed by atoms with Crippen LogP contribution in [0.3, 0.4) is 0 Å². The molecule has 1 aliphatic heterocycles. The number of hydrogen-bond donors (Lipinski definition) is 0. The van der Waals surface area contributed by atoms with E-state index in [1.165, 1.54) is 4.90 Å². The van der Waals surface area contributed by atoms with Crippen molar-refractivity contribution < 1.29 is 14.1 Å². The molecule has 0 spiro atoms. The van der Waals surface area contributed by atoms with Gasteiger partial charge in [0, 0.05) is 13.0 Å². The molecule has 7 nitrogen and oxygen atoms in total. The minimum Gasteiger partial charge on any atom is -0.337 e. The summed E-state index contributed by atoms with van der Waals surface area (Å²) in [6.07, 6.45) is 0.663. The van der Waals surface area contributed by atoms with Gasteiger partial charge in [0.2, 0.25) is 17.7 Å². The number of rotatable bonds is 5. The molecule has 3 rings (SSSR count). The molecule has 0 saturated carbocycles. The second-order valence-corrected chi connectivity index (χ2v) is 5.84. The van der Waals surface area contributed by atoms with Crippen molar-refractivity contribution in [1.29, 1.82) is 0 Å². The van der Waals surface area contributed by atoms with E-state index in [-0.39, 0.29) is 24.9 Å². The van der Waals surface area contributed by atoms with Crippen LogP contribution < -0.4 is 0 Å². The Kier molecular flexibility index (Phi) is 4.59. The molecule has 0 N–H and O–H groups in total. The van der Waals surface area contributed by atoms with E-state index in [0.29, 0.717) is 24.7 Å². The molecule has 1 fully saturated rings. The number of piperazine rings is 1. The summed E-state index contributed by atoms with van der Waals surface area (Å²) in [5, 5.41) is 3.82. The van der Waals surface area contributed by atoms with Gasteiger partial charge in [0.1, 0.15) is 19.1 Å². The largest absolute Gasteiger partial charge is 0.337 e. The van der Waals surface area contributed by atoms with Crippen LogP contribution in [-0.2, 0) is 29.1 Å². The molecule has 2 heterocycles. The SMILES string of the molecule is CCc1noc(CN2C(=O)CN(Cc3ccccc3)C(=O)[C@@H]2C)n1. The highest BCUT2D eigenvalue weighted by atomic mass is 16.5. The van der Waals surface area contributed by atoms with Crippen LogP contribution in [-0.4, -0.2) is 44.3 Å². The number of carbonyl (C=O) groups excluding carboxylic acids is 2. The average Bonchev–Trinajstić information content (AvgIpc) is 3.05. The number of carbonyl (C=O) groups is 2. The first-order valence-corrected chi connectivity index (χ1v) is 8.02. The van der Waals surface area contributed by atoms with E-state index in [1.807, 2.05) is 37.3 Å². The second-order valence-electron chi connectivity index (χ2n) is 5.84. The summed E-state index contributed by atoms with van der Waals surface area (Å²) >= 11 is 0. The molecule has 2 amide bonds. The van der Waals surface area contributed by atoms with Gasteiger partial charge in [0.15, 0.2) is 5.82 Å². The van der Waals surface area contributed by atoms with Crippen molar-refractivity contribution in [2.24, 2.45) is 0 Å². The van der Waals surface area contributed by atoms with Crippen LogP contribution in [0.15, 0.2) is 34.9 Å². The monoisotopic (exact) mass is 328 g/mol. The Morgan fingerprint density at radius 3 is 2.62 bits per heavy atom. The van der Waals surface area contributed by atoms with Crippen LogP contribution >= 0.6 is 0 Å². The maximum Gasteiger partial charge on any atom is 0.246 e. The number of hydrogen-bond acceptors (Lipinski definition) is 5. The van der Waals surface area contributed by atoms with Crippen LogP contribution in [0.1, 0.15) is 31.1 Å². The summed E-state index contributed by atoms with van der Waals surface area (Å²) in [5.41, 5.74) is 1.00. The van der Waals surface area contributed by atoms with Gasteiger partial charge in [0.25, 0.3) is 0 Å². The Bertz CT molecular complexity index is 728. The molecule has 0 radical (unpaired) electrons. The predicted octanol–water partition coefficient (Wildman–Crippen LogP) is 1.39. The average molecular weight is 328 g/mol. The van der Waals surface area contributed by atoms with Crippen molar-refractivity contribution in [2.45, 2.75) is 39.4 Å². The van der Waals surface area contributed by atoms with Crippen molar-refractivity contribution in [2.75, 3.05) is 6.54 Å². The minimum absolute atomic E-state index is 0.0623. The van der Waals surface area contributed by atoms with Crippen LogP contribution in [0.25, 0.3) is 0 Å². The normalized spacial score (nSPS) is 18.3. The lowest BCUT2D eigenvalue weighted by molar-refractivity contribution is -0.156. The fourth-order valence-electron chi connectivity index (χ4n) is 2.75. The molecule has 126 valence electrons. The van der Waals surface area contributed by atoms with Gasteiger partial charge in [-0.2, -0.15) is 4.98 Å². The van der Waals surface area contributed by atoms with Crippen molar-refractivity contribution in [1.82, 2.24) is 19.9 Å². The summed E-state index contributed by atoms with van der Waals surface area (Å²) < 4.78 is 5.13. The lowest BCUT2D eigenvalue weighted by Gasteiger charge is -2.38. The Morgan fingerprint density at radius 2 is 1.96 bits per heavy atom. The summed E-state index contributed by atoms with van der Waals surface area (Å²) in [5.74, 6) is 0.762. The molecule has 1 aromatic carbocycles. The van der Waals surface area contributed by atoms with Crippen molar-refractivity contribution in [3.8, 4) is 0 Å². The van der Waals surface area contributed by atoms with Gasteiger partial charge in [-0.15, -0.1) is 0 Å². The lowest BCUT2D eigenvalue weighted by Crippen LogP contribution is -2.58. The van der Waals surface area contributed by atoms with Crippen molar-refractivity contribution >= 4 is 11.8 Å². The molecule has 24 heavy (non-hydrogen) atoms. The Labute approximate surface area is 140 Å². The molecule has 0 aliphatic carbocycles. The molecule has 2 aromatic rings. The molecule has 1 saturated heterocycles. The molecular formula is C17H20N4O3. The fourth-order valence-corrected chi connectivity index (χ4v) is 2.75. The third kappa shape index (κ3) is 3.29. The number of aromatic nitrogens is 2. The van der Waals surface area contributed by atoms with Crippen LogP contribution in [0, 0.1) is 0 Å². The number of amides is 2. The fraction of sp³-hybridized carbons (Fsp3) is 0.412.